The number of ether oxygens (including phenoxy) is 2. The third-order valence-electron chi connectivity index (χ3n) is 6.92. The summed E-state index contributed by atoms with van der Waals surface area (Å²) in [7, 11) is 0. The molecule has 3 saturated heterocycles. The summed E-state index contributed by atoms with van der Waals surface area (Å²) in [6.45, 7) is 3.52. The first-order chi connectivity index (χ1) is 14.8. The van der Waals surface area contributed by atoms with E-state index >= 15 is 0 Å². The number of fused-ring (bicyclic) bond motifs is 1. The first-order valence-corrected chi connectivity index (χ1v) is 11.1. The van der Waals surface area contributed by atoms with Crippen LogP contribution in [-0.4, -0.2) is 64.8 Å². The fourth-order valence-corrected chi connectivity index (χ4v) is 5.83. The Kier molecular flexibility index (Phi) is 5.74. The number of carbonyl (C=O) groups is 3. The SMILES string of the molecule is CCOC(=O)[C@@H]1[C@H]2C(=O)N(CCO)C(C(=O)Nc3ccc(Cl)cc3)C23CC[C@@]1(CC)O3. The molecule has 8 nitrogen and oxygen atoms in total. The largest absolute Gasteiger partial charge is 0.466 e. The third-order valence-corrected chi connectivity index (χ3v) is 7.17. The molecule has 2 bridgehead atoms. The highest BCUT2D eigenvalue weighted by molar-refractivity contribution is 6.30. The number of hydrogen-bond acceptors (Lipinski definition) is 6. The van der Waals surface area contributed by atoms with E-state index in [1.807, 2.05) is 6.92 Å². The number of aliphatic hydroxyl groups excluding tert-OH is 1. The van der Waals surface area contributed by atoms with Crippen molar-refractivity contribution >= 4 is 35.1 Å². The number of halogens is 1. The van der Waals surface area contributed by atoms with Crippen molar-refractivity contribution in [2.45, 2.75) is 50.4 Å². The molecule has 1 aromatic carbocycles. The van der Waals surface area contributed by atoms with Crippen molar-refractivity contribution in [2.24, 2.45) is 11.8 Å². The number of aliphatic hydroxyl groups is 1. The Morgan fingerprint density at radius 2 is 2.00 bits per heavy atom. The highest BCUT2D eigenvalue weighted by Crippen LogP contribution is 2.64. The van der Waals surface area contributed by atoms with Crippen LogP contribution >= 0.6 is 11.6 Å². The topological polar surface area (TPSA) is 105 Å². The average Bonchev–Trinajstić information content (AvgIpc) is 3.34. The summed E-state index contributed by atoms with van der Waals surface area (Å²) in [5.74, 6) is -2.81. The number of rotatable bonds is 7. The first-order valence-electron chi connectivity index (χ1n) is 10.7. The molecule has 2 amide bonds. The molecular weight excluding hydrogens is 424 g/mol. The Labute approximate surface area is 185 Å². The summed E-state index contributed by atoms with van der Waals surface area (Å²) in [6.07, 6.45) is 1.58. The monoisotopic (exact) mass is 450 g/mol. The van der Waals surface area contributed by atoms with Gasteiger partial charge in [0, 0.05) is 17.3 Å². The number of carbonyl (C=O) groups excluding carboxylic acids is 3. The van der Waals surface area contributed by atoms with Crippen molar-refractivity contribution in [1.82, 2.24) is 4.90 Å². The number of β-amino-alcohol motifs (C(OH)–C–C–N with tert-alkyl or cyclic N) is 1. The van der Waals surface area contributed by atoms with E-state index in [0.717, 1.165) is 0 Å². The molecule has 0 radical (unpaired) electrons. The van der Waals surface area contributed by atoms with Crippen molar-refractivity contribution < 1.29 is 29.0 Å². The Morgan fingerprint density at radius 1 is 1.29 bits per heavy atom. The summed E-state index contributed by atoms with van der Waals surface area (Å²) < 4.78 is 11.8. The van der Waals surface area contributed by atoms with Crippen LogP contribution in [0.1, 0.15) is 33.1 Å². The van der Waals surface area contributed by atoms with Crippen molar-refractivity contribution in [1.29, 1.82) is 0 Å². The van der Waals surface area contributed by atoms with Crippen molar-refractivity contribution in [2.75, 3.05) is 25.1 Å². The van der Waals surface area contributed by atoms with Gasteiger partial charge in [0.25, 0.3) is 0 Å². The lowest BCUT2D eigenvalue weighted by Crippen LogP contribution is -2.53. The highest BCUT2D eigenvalue weighted by Gasteiger charge is 2.78. The number of amides is 2. The molecule has 2 N–H and O–H groups in total. The Hall–Kier alpha value is -2.16. The summed E-state index contributed by atoms with van der Waals surface area (Å²) in [5, 5.41) is 13.0. The standard InChI is InChI=1S/C22H27ClN2O6/c1-3-21-9-10-22(31-21)15(16(21)20(29)30-4-2)19(28)25(11-12-26)17(22)18(27)24-14-7-5-13(23)6-8-14/h5-8,15-17,26H,3-4,9-12H2,1-2H3,(H,24,27)/t15-,16-,17?,21+,22?/m0/s1. The molecular formula is C22H27ClN2O6. The minimum absolute atomic E-state index is 0.0200. The molecule has 3 aliphatic heterocycles. The van der Waals surface area contributed by atoms with Gasteiger partial charge in [-0.25, -0.2) is 0 Å². The number of nitrogens with zero attached hydrogens (tertiary/aromatic N) is 1. The van der Waals surface area contributed by atoms with E-state index in [1.165, 1.54) is 4.90 Å². The van der Waals surface area contributed by atoms with Crippen molar-refractivity contribution in [3.8, 4) is 0 Å². The molecule has 1 aromatic rings. The maximum atomic E-state index is 13.5. The minimum Gasteiger partial charge on any atom is -0.466 e. The van der Waals surface area contributed by atoms with E-state index in [1.54, 1.807) is 31.2 Å². The molecule has 0 saturated carbocycles. The Morgan fingerprint density at radius 3 is 2.61 bits per heavy atom. The van der Waals surface area contributed by atoms with Gasteiger partial charge >= 0.3 is 5.97 Å². The number of esters is 1. The molecule has 2 unspecified atom stereocenters. The van der Waals surface area contributed by atoms with Gasteiger partial charge in [-0.15, -0.1) is 0 Å². The molecule has 3 heterocycles. The molecule has 168 valence electrons. The fourth-order valence-electron chi connectivity index (χ4n) is 5.70. The normalized spacial score (nSPS) is 33.5. The third kappa shape index (κ3) is 3.23. The zero-order valence-corrected chi connectivity index (χ0v) is 18.4. The maximum Gasteiger partial charge on any atom is 0.312 e. The molecule has 0 aromatic heterocycles. The molecule has 31 heavy (non-hydrogen) atoms. The molecule has 3 fully saturated rings. The summed E-state index contributed by atoms with van der Waals surface area (Å²) in [6, 6.07) is 5.70. The van der Waals surface area contributed by atoms with E-state index in [4.69, 9.17) is 21.1 Å². The smallest absolute Gasteiger partial charge is 0.312 e. The van der Waals surface area contributed by atoms with Gasteiger partial charge in [0.2, 0.25) is 11.8 Å². The lowest BCUT2D eigenvalue weighted by molar-refractivity contribution is -0.160. The van der Waals surface area contributed by atoms with Crippen molar-refractivity contribution in [3.05, 3.63) is 29.3 Å². The van der Waals surface area contributed by atoms with Crippen LogP contribution in [-0.2, 0) is 23.9 Å². The van der Waals surface area contributed by atoms with Gasteiger partial charge < -0.3 is 24.8 Å². The second-order valence-electron chi connectivity index (χ2n) is 8.34. The second kappa shape index (κ2) is 8.07. The maximum absolute atomic E-state index is 13.5. The van der Waals surface area contributed by atoms with E-state index < -0.39 is 41.0 Å². The van der Waals surface area contributed by atoms with Crippen molar-refractivity contribution in [3.63, 3.8) is 0 Å². The van der Waals surface area contributed by atoms with E-state index in [0.29, 0.717) is 30.0 Å². The van der Waals surface area contributed by atoms with Crippen LogP contribution in [0, 0.1) is 11.8 Å². The summed E-state index contributed by atoms with van der Waals surface area (Å²) in [4.78, 5) is 41.2. The Bertz CT molecular complexity index is 892. The predicted molar refractivity (Wildman–Crippen MR) is 112 cm³/mol. The molecule has 0 aliphatic carbocycles. The molecule has 9 heteroatoms. The van der Waals surface area contributed by atoms with Crippen LogP contribution in [0.15, 0.2) is 24.3 Å². The highest BCUT2D eigenvalue weighted by atomic mass is 35.5. The quantitative estimate of drug-likeness (QED) is 0.615. The second-order valence-corrected chi connectivity index (χ2v) is 8.77. The van der Waals surface area contributed by atoms with Crippen LogP contribution in [0.25, 0.3) is 0 Å². The zero-order valence-electron chi connectivity index (χ0n) is 17.6. The van der Waals surface area contributed by atoms with Crippen LogP contribution < -0.4 is 5.32 Å². The predicted octanol–water partition coefficient (Wildman–Crippen LogP) is 1.99. The number of benzene rings is 1. The van der Waals surface area contributed by atoms with Gasteiger partial charge in [-0.3, -0.25) is 14.4 Å². The lowest BCUT2D eigenvalue weighted by atomic mass is 9.65. The van der Waals surface area contributed by atoms with E-state index in [-0.39, 0.29) is 25.7 Å². The van der Waals surface area contributed by atoms with Gasteiger partial charge in [0.15, 0.2) is 0 Å². The summed E-state index contributed by atoms with van der Waals surface area (Å²) in [5.41, 5.74) is -1.42. The van der Waals surface area contributed by atoms with Crippen LogP contribution in [0.5, 0.6) is 0 Å². The van der Waals surface area contributed by atoms with Crippen LogP contribution in [0.3, 0.4) is 0 Å². The van der Waals surface area contributed by atoms with Crippen LogP contribution in [0.4, 0.5) is 5.69 Å². The number of likely N-dealkylation sites (tertiary alicyclic amines) is 1. The molecule has 4 rings (SSSR count). The zero-order chi connectivity index (χ0) is 22.4. The van der Waals surface area contributed by atoms with Gasteiger partial charge in [-0.2, -0.15) is 0 Å². The minimum atomic E-state index is -1.13. The van der Waals surface area contributed by atoms with Gasteiger partial charge in [-0.1, -0.05) is 18.5 Å². The van der Waals surface area contributed by atoms with E-state index in [2.05, 4.69) is 5.32 Å². The summed E-state index contributed by atoms with van der Waals surface area (Å²) >= 11 is 5.93. The number of anilines is 1. The lowest BCUT2D eigenvalue weighted by Gasteiger charge is -2.33. The number of nitrogens with one attached hydrogen (secondary N) is 1. The van der Waals surface area contributed by atoms with Crippen LogP contribution in [0.2, 0.25) is 5.02 Å². The average molecular weight is 451 g/mol. The number of hydrogen-bond donors (Lipinski definition) is 2. The van der Waals surface area contributed by atoms with Gasteiger partial charge in [-0.05, 0) is 50.5 Å². The van der Waals surface area contributed by atoms with Gasteiger partial charge in [0.1, 0.15) is 17.6 Å². The van der Waals surface area contributed by atoms with E-state index in [9.17, 15) is 19.5 Å². The molecule has 5 atom stereocenters. The Balaban J connectivity index is 1.73. The van der Waals surface area contributed by atoms with Gasteiger partial charge in [0.05, 0.1) is 24.7 Å². The fraction of sp³-hybridized carbons (Fsp3) is 0.591. The first kappa shape index (κ1) is 22.0. The molecule has 1 spiro atoms. The molecule has 3 aliphatic rings.